The number of benzene rings is 2. The van der Waals surface area contributed by atoms with Crippen LogP contribution in [0.4, 0.5) is 0 Å². The van der Waals surface area contributed by atoms with Crippen molar-refractivity contribution in [3.8, 4) is 16.9 Å². The molecule has 2 aromatic carbocycles. The van der Waals surface area contributed by atoms with Gasteiger partial charge in [-0.05, 0) is 29.7 Å². The fourth-order valence-electron chi connectivity index (χ4n) is 2.15. The average Bonchev–Trinajstić information content (AvgIpc) is 2.39. The number of rotatable bonds is 4. The second kappa shape index (κ2) is 6.05. The van der Waals surface area contributed by atoms with Gasteiger partial charge in [0, 0.05) is 10.9 Å². The second-order valence-electron chi connectivity index (χ2n) is 4.45. The summed E-state index contributed by atoms with van der Waals surface area (Å²) in [5.74, 6) is 0.154. The Labute approximate surface area is 113 Å². The smallest absolute Gasteiger partial charge is 0.218 e. The summed E-state index contributed by atoms with van der Waals surface area (Å²) < 4.78 is 11.4. The maximum absolute atomic E-state index is 11.4. The monoisotopic (exact) mass is 276 g/mol. The fraction of sp³-hybridized carbons (Fsp3) is 0.200. The summed E-state index contributed by atoms with van der Waals surface area (Å²) in [6, 6.07) is 12.4. The lowest BCUT2D eigenvalue weighted by Gasteiger charge is -2.10. The number of aryl methyl sites for hydroxylation is 1. The van der Waals surface area contributed by atoms with Crippen LogP contribution in [0.1, 0.15) is 18.9 Å². The summed E-state index contributed by atoms with van der Waals surface area (Å²) in [7, 11) is -2.79. The van der Waals surface area contributed by atoms with Crippen LogP contribution in [0.2, 0.25) is 0 Å². The predicted molar refractivity (Wildman–Crippen MR) is 78.4 cm³/mol. The maximum Gasteiger partial charge on any atom is 0.218 e. The van der Waals surface area contributed by atoms with Gasteiger partial charge in [0.25, 0.3) is 0 Å². The predicted octanol–water partition coefficient (Wildman–Crippen LogP) is 3.10. The van der Waals surface area contributed by atoms with E-state index in [1.165, 1.54) is 0 Å². The Hall–Kier alpha value is -1.57. The molecule has 0 saturated heterocycles. The Kier molecular flexibility index (Phi) is 4.41. The highest BCUT2D eigenvalue weighted by Gasteiger charge is 2.12. The lowest BCUT2D eigenvalue weighted by molar-refractivity contribution is 0.476. The van der Waals surface area contributed by atoms with Crippen molar-refractivity contribution in [1.82, 2.24) is 0 Å². The van der Waals surface area contributed by atoms with Gasteiger partial charge in [-0.25, -0.2) is 0 Å². The number of phenols is 1. The standard InChI is InChI=1S/C15H17O3P/c1-2-5-11-8-9-12(14(16)10-11)13-6-3-4-7-15(13)19(17)18/h3-4,6-10,16,19H,2,5H2,1H3,(H,17,18). The van der Waals surface area contributed by atoms with Crippen LogP contribution in [-0.2, 0) is 11.0 Å². The highest BCUT2D eigenvalue weighted by atomic mass is 31.1. The quantitative estimate of drug-likeness (QED) is 0.844. The topological polar surface area (TPSA) is 57.5 Å². The second-order valence-corrected chi connectivity index (χ2v) is 5.60. The molecule has 4 heteroatoms. The summed E-state index contributed by atoms with van der Waals surface area (Å²) in [4.78, 5) is 9.36. The van der Waals surface area contributed by atoms with Crippen molar-refractivity contribution in [2.45, 2.75) is 19.8 Å². The molecule has 0 amide bonds. The molecule has 2 aromatic rings. The molecule has 0 radical (unpaired) electrons. The Morgan fingerprint density at radius 1 is 1.11 bits per heavy atom. The van der Waals surface area contributed by atoms with E-state index in [0.29, 0.717) is 16.4 Å². The molecule has 0 saturated carbocycles. The van der Waals surface area contributed by atoms with Gasteiger partial charge in [0.1, 0.15) is 5.75 Å². The van der Waals surface area contributed by atoms with E-state index >= 15 is 0 Å². The lowest BCUT2D eigenvalue weighted by Crippen LogP contribution is -2.01. The van der Waals surface area contributed by atoms with Gasteiger partial charge in [-0.3, -0.25) is 4.57 Å². The van der Waals surface area contributed by atoms with Crippen molar-refractivity contribution < 1.29 is 14.6 Å². The highest BCUT2D eigenvalue weighted by molar-refractivity contribution is 7.47. The molecule has 3 nitrogen and oxygen atoms in total. The number of aromatic hydroxyl groups is 1. The SMILES string of the molecule is CCCc1ccc(-c2ccccc2[PH](=O)O)c(O)c1. The molecule has 19 heavy (non-hydrogen) atoms. The van der Waals surface area contributed by atoms with Crippen LogP contribution in [0.5, 0.6) is 5.75 Å². The summed E-state index contributed by atoms with van der Waals surface area (Å²) in [5.41, 5.74) is 2.29. The molecule has 0 aliphatic rings. The van der Waals surface area contributed by atoms with E-state index in [1.54, 1.807) is 30.3 Å². The Balaban J connectivity index is 2.50. The molecule has 0 bridgehead atoms. The van der Waals surface area contributed by atoms with Gasteiger partial charge >= 0.3 is 0 Å². The molecule has 1 unspecified atom stereocenters. The first kappa shape index (κ1) is 13.9. The molecule has 0 spiro atoms. The molecule has 2 rings (SSSR count). The van der Waals surface area contributed by atoms with Crippen molar-refractivity contribution in [3.05, 3.63) is 48.0 Å². The minimum absolute atomic E-state index is 0.154. The molecule has 2 N–H and O–H groups in total. The number of hydrogen-bond donors (Lipinski definition) is 2. The lowest BCUT2D eigenvalue weighted by atomic mass is 10.0. The molecule has 1 atom stereocenters. The molecule has 100 valence electrons. The molecule has 0 aliphatic heterocycles. The van der Waals surface area contributed by atoms with E-state index in [9.17, 15) is 14.6 Å². The minimum atomic E-state index is -2.79. The third kappa shape index (κ3) is 3.06. The van der Waals surface area contributed by atoms with Gasteiger partial charge in [0.05, 0.1) is 0 Å². The third-order valence-electron chi connectivity index (χ3n) is 3.05. The first-order valence-electron chi connectivity index (χ1n) is 6.28. The van der Waals surface area contributed by atoms with Gasteiger partial charge < -0.3 is 10.00 Å². The van der Waals surface area contributed by atoms with E-state index in [4.69, 9.17) is 0 Å². The van der Waals surface area contributed by atoms with E-state index in [2.05, 4.69) is 6.92 Å². The minimum Gasteiger partial charge on any atom is -0.507 e. The Bertz CT molecular complexity index is 608. The molecule has 0 fully saturated rings. The van der Waals surface area contributed by atoms with Crippen LogP contribution in [0.3, 0.4) is 0 Å². The Morgan fingerprint density at radius 2 is 1.84 bits per heavy atom. The molecule has 0 aromatic heterocycles. The maximum atomic E-state index is 11.4. The summed E-state index contributed by atoms with van der Waals surface area (Å²) in [6.45, 7) is 2.08. The van der Waals surface area contributed by atoms with Crippen molar-refractivity contribution in [3.63, 3.8) is 0 Å². The number of phenolic OH excluding ortho intramolecular Hbond substituents is 1. The first-order chi connectivity index (χ1) is 9.13. The van der Waals surface area contributed by atoms with Crippen LogP contribution in [0, 0.1) is 0 Å². The number of hydrogen-bond acceptors (Lipinski definition) is 2. The molecular formula is C15H17O3P. The van der Waals surface area contributed by atoms with Gasteiger partial charge in [0.15, 0.2) is 0 Å². The summed E-state index contributed by atoms with van der Waals surface area (Å²) >= 11 is 0. The van der Waals surface area contributed by atoms with E-state index in [0.717, 1.165) is 18.4 Å². The first-order valence-corrected chi connectivity index (χ1v) is 7.63. The highest BCUT2D eigenvalue weighted by Crippen LogP contribution is 2.32. The molecule has 0 heterocycles. The van der Waals surface area contributed by atoms with Gasteiger partial charge in [-0.15, -0.1) is 0 Å². The van der Waals surface area contributed by atoms with E-state index < -0.39 is 8.03 Å². The van der Waals surface area contributed by atoms with Gasteiger partial charge in [-0.1, -0.05) is 43.7 Å². The zero-order valence-electron chi connectivity index (χ0n) is 10.8. The fourth-order valence-corrected chi connectivity index (χ4v) is 2.84. The van der Waals surface area contributed by atoms with Crippen LogP contribution in [0.15, 0.2) is 42.5 Å². The van der Waals surface area contributed by atoms with Crippen molar-refractivity contribution in [1.29, 1.82) is 0 Å². The van der Waals surface area contributed by atoms with E-state index in [-0.39, 0.29) is 5.75 Å². The van der Waals surface area contributed by atoms with Crippen molar-refractivity contribution in [2.24, 2.45) is 0 Å². The van der Waals surface area contributed by atoms with Crippen LogP contribution >= 0.6 is 8.03 Å². The zero-order chi connectivity index (χ0) is 13.8. The largest absolute Gasteiger partial charge is 0.507 e. The van der Waals surface area contributed by atoms with E-state index in [1.807, 2.05) is 12.1 Å². The average molecular weight is 276 g/mol. The Morgan fingerprint density at radius 3 is 2.47 bits per heavy atom. The van der Waals surface area contributed by atoms with Crippen molar-refractivity contribution in [2.75, 3.05) is 0 Å². The van der Waals surface area contributed by atoms with Crippen LogP contribution in [0.25, 0.3) is 11.1 Å². The summed E-state index contributed by atoms with van der Waals surface area (Å²) in [5, 5.41) is 10.5. The molecule has 0 aliphatic carbocycles. The zero-order valence-corrected chi connectivity index (χ0v) is 11.8. The molecular weight excluding hydrogens is 259 g/mol. The summed E-state index contributed by atoms with van der Waals surface area (Å²) in [6.07, 6.45) is 1.92. The van der Waals surface area contributed by atoms with Crippen molar-refractivity contribution >= 4 is 13.3 Å². The van der Waals surface area contributed by atoms with Crippen LogP contribution in [-0.4, -0.2) is 10.00 Å². The van der Waals surface area contributed by atoms with Gasteiger partial charge in [-0.2, -0.15) is 0 Å². The third-order valence-corrected chi connectivity index (χ3v) is 3.95. The normalized spacial score (nSPS) is 12.3. The van der Waals surface area contributed by atoms with Crippen LogP contribution < -0.4 is 5.30 Å². The van der Waals surface area contributed by atoms with Gasteiger partial charge in [0.2, 0.25) is 8.03 Å².